The van der Waals surface area contributed by atoms with Crippen molar-refractivity contribution >= 4 is 17.1 Å². The number of aromatic nitrogens is 2. The number of fused-ring (bicyclic) bond motifs is 1. The van der Waals surface area contributed by atoms with Gasteiger partial charge in [-0.25, -0.2) is 14.8 Å². The molecule has 0 radical (unpaired) electrons. The average molecular weight is 313 g/mol. The quantitative estimate of drug-likeness (QED) is 0.804. The smallest absolute Gasteiger partial charge is 0.410 e. The van der Waals surface area contributed by atoms with E-state index < -0.39 is 5.60 Å². The number of pyridine rings is 2. The number of hydrogen-bond donors (Lipinski definition) is 0. The minimum Gasteiger partial charge on any atom is -0.444 e. The zero-order valence-corrected chi connectivity index (χ0v) is 14.0. The van der Waals surface area contributed by atoms with Gasteiger partial charge in [0.15, 0.2) is 5.65 Å². The Balaban J connectivity index is 1.65. The lowest BCUT2D eigenvalue weighted by molar-refractivity contribution is 0.0204. The molecule has 5 nitrogen and oxygen atoms in total. The summed E-state index contributed by atoms with van der Waals surface area (Å²) in [6.45, 7) is 7.10. The third-order valence-electron chi connectivity index (χ3n) is 4.05. The number of nitrogens with zero attached hydrogens (tertiary/aromatic N) is 3. The molecule has 2 aromatic rings. The van der Waals surface area contributed by atoms with E-state index in [4.69, 9.17) is 4.74 Å². The summed E-state index contributed by atoms with van der Waals surface area (Å²) >= 11 is 0. The van der Waals surface area contributed by atoms with Crippen LogP contribution in [0.15, 0.2) is 30.5 Å². The fourth-order valence-electron chi connectivity index (χ4n) is 2.88. The van der Waals surface area contributed by atoms with E-state index in [1.54, 1.807) is 11.1 Å². The second kappa shape index (κ2) is 6.14. The molecule has 3 heterocycles. The van der Waals surface area contributed by atoms with Crippen LogP contribution in [0.2, 0.25) is 0 Å². The molecule has 3 rings (SSSR count). The molecule has 1 aliphatic rings. The maximum absolute atomic E-state index is 12.1. The third kappa shape index (κ3) is 3.78. The molecule has 0 spiro atoms. The molecule has 1 amide bonds. The zero-order valence-electron chi connectivity index (χ0n) is 14.0. The molecule has 0 bridgehead atoms. The number of carbonyl (C=O) groups is 1. The van der Waals surface area contributed by atoms with Crippen molar-refractivity contribution in [1.29, 1.82) is 0 Å². The van der Waals surface area contributed by atoms with Crippen LogP contribution in [0.1, 0.15) is 45.2 Å². The fraction of sp³-hybridized carbons (Fsp3) is 0.500. The molecule has 1 fully saturated rings. The van der Waals surface area contributed by atoms with Crippen molar-refractivity contribution < 1.29 is 9.53 Å². The monoisotopic (exact) mass is 313 g/mol. The van der Waals surface area contributed by atoms with E-state index in [1.165, 1.54) is 0 Å². The molecule has 122 valence electrons. The third-order valence-corrected chi connectivity index (χ3v) is 4.05. The molecular formula is C18H23N3O2. The number of piperidine rings is 1. The Morgan fingerprint density at radius 3 is 2.65 bits per heavy atom. The van der Waals surface area contributed by atoms with Crippen LogP contribution < -0.4 is 0 Å². The highest BCUT2D eigenvalue weighted by molar-refractivity contribution is 5.74. The van der Waals surface area contributed by atoms with Crippen LogP contribution in [0, 0.1) is 0 Å². The van der Waals surface area contributed by atoms with Gasteiger partial charge in [-0.1, -0.05) is 0 Å². The second-order valence-electron chi connectivity index (χ2n) is 7.03. The van der Waals surface area contributed by atoms with Gasteiger partial charge in [-0.2, -0.15) is 0 Å². The van der Waals surface area contributed by atoms with Gasteiger partial charge in [0.2, 0.25) is 0 Å². The van der Waals surface area contributed by atoms with Gasteiger partial charge in [-0.3, -0.25) is 0 Å². The van der Waals surface area contributed by atoms with E-state index in [-0.39, 0.29) is 6.09 Å². The summed E-state index contributed by atoms with van der Waals surface area (Å²) in [6, 6.07) is 8.09. The first-order valence-corrected chi connectivity index (χ1v) is 8.12. The van der Waals surface area contributed by atoms with Crippen LogP contribution in [0.25, 0.3) is 11.0 Å². The molecule has 0 atom stereocenters. The van der Waals surface area contributed by atoms with Gasteiger partial charge in [0.05, 0.1) is 0 Å². The number of hydrogen-bond acceptors (Lipinski definition) is 4. The molecule has 0 unspecified atom stereocenters. The first-order valence-electron chi connectivity index (χ1n) is 8.12. The van der Waals surface area contributed by atoms with E-state index >= 15 is 0 Å². The van der Waals surface area contributed by atoms with Crippen molar-refractivity contribution in [2.75, 3.05) is 13.1 Å². The van der Waals surface area contributed by atoms with Crippen molar-refractivity contribution in [2.24, 2.45) is 0 Å². The number of likely N-dealkylation sites (tertiary alicyclic amines) is 1. The summed E-state index contributed by atoms with van der Waals surface area (Å²) in [5.41, 5.74) is 1.42. The minimum absolute atomic E-state index is 0.218. The predicted octanol–water partition coefficient (Wildman–Crippen LogP) is 3.74. The lowest BCUT2D eigenvalue weighted by Gasteiger charge is -2.33. The Bertz CT molecular complexity index is 701. The van der Waals surface area contributed by atoms with Gasteiger partial charge in [0.25, 0.3) is 0 Å². The molecule has 0 N–H and O–H groups in total. The molecule has 0 aromatic carbocycles. The number of carbonyl (C=O) groups excluding carboxylic acids is 1. The maximum atomic E-state index is 12.1. The number of rotatable bonds is 1. The number of amides is 1. The first-order chi connectivity index (χ1) is 10.9. The van der Waals surface area contributed by atoms with E-state index in [0.717, 1.165) is 29.6 Å². The number of ether oxygens (including phenoxy) is 1. The normalized spacial score (nSPS) is 16.6. The summed E-state index contributed by atoms with van der Waals surface area (Å²) in [5, 5.41) is 1.06. The van der Waals surface area contributed by atoms with E-state index in [9.17, 15) is 4.79 Å². The van der Waals surface area contributed by atoms with Crippen molar-refractivity contribution in [3.63, 3.8) is 0 Å². The highest BCUT2D eigenvalue weighted by Gasteiger charge is 2.28. The average Bonchev–Trinajstić information content (AvgIpc) is 2.53. The van der Waals surface area contributed by atoms with Crippen LogP contribution in [0.4, 0.5) is 4.79 Å². The lowest BCUT2D eigenvalue weighted by Crippen LogP contribution is -2.41. The SMILES string of the molecule is CC(C)(C)OC(=O)N1CCC(c2ccc3cccnc3n2)CC1. The molecule has 0 saturated carbocycles. The second-order valence-corrected chi connectivity index (χ2v) is 7.03. The molecule has 23 heavy (non-hydrogen) atoms. The van der Waals surface area contributed by atoms with Crippen LogP contribution in [0.5, 0.6) is 0 Å². The van der Waals surface area contributed by atoms with E-state index in [0.29, 0.717) is 19.0 Å². The standard InChI is InChI=1S/C18H23N3O2/c1-18(2,3)23-17(22)21-11-8-13(9-12-21)15-7-6-14-5-4-10-19-16(14)20-15/h4-7,10,13H,8-9,11-12H2,1-3H3. The minimum atomic E-state index is -0.445. The Hall–Kier alpha value is -2.17. The summed E-state index contributed by atoms with van der Waals surface area (Å²) in [4.78, 5) is 22.9. The molecule has 1 aliphatic heterocycles. The van der Waals surface area contributed by atoms with Crippen molar-refractivity contribution in [3.8, 4) is 0 Å². The first kappa shape index (κ1) is 15.7. The Kier molecular flexibility index (Phi) is 4.20. The van der Waals surface area contributed by atoms with Crippen LogP contribution in [-0.2, 0) is 4.74 Å². The predicted molar refractivity (Wildman–Crippen MR) is 89.3 cm³/mol. The van der Waals surface area contributed by atoms with Crippen LogP contribution in [-0.4, -0.2) is 39.7 Å². The molecule has 5 heteroatoms. The summed E-state index contributed by atoms with van der Waals surface area (Å²) in [5.74, 6) is 0.375. The van der Waals surface area contributed by atoms with Crippen molar-refractivity contribution in [2.45, 2.75) is 45.1 Å². The summed E-state index contributed by atoms with van der Waals surface area (Å²) < 4.78 is 5.44. The van der Waals surface area contributed by atoms with E-state index in [2.05, 4.69) is 22.1 Å². The fourth-order valence-corrected chi connectivity index (χ4v) is 2.88. The van der Waals surface area contributed by atoms with Crippen LogP contribution in [0.3, 0.4) is 0 Å². The molecule has 0 aliphatic carbocycles. The summed E-state index contributed by atoms with van der Waals surface area (Å²) in [6.07, 6.45) is 3.36. The molecule has 2 aromatic heterocycles. The topological polar surface area (TPSA) is 55.3 Å². The largest absolute Gasteiger partial charge is 0.444 e. The van der Waals surface area contributed by atoms with Gasteiger partial charge in [-0.05, 0) is 57.9 Å². The molecule has 1 saturated heterocycles. The highest BCUT2D eigenvalue weighted by atomic mass is 16.6. The summed E-state index contributed by atoms with van der Waals surface area (Å²) in [7, 11) is 0. The Labute approximate surface area is 136 Å². The highest BCUT2D eigenvalue weighted by Crippen LogP contribution is 2.28. The Morgan fingerprint density at radius 1 is 1.22 bits per heavy atom. The Morgan fingerprint density at radius 2 is 1.96 bits per heavy atom. The lowest BCUT2D eigenvalue weighted by atomic mass is 9.93. The maximum Gasteiger partial charge on any atom is 0.410 e. The van der Waals surface area contributed by atoms with Gasteiger partial charge < -0.3 is 9.64 Å². The molecular weight excluding hydrogens is 290 g/mol. The van der Waals surface area contributed by atoms with Crippen molar-refractivity contribution in [3.05, 3.63) is 36.2 Å². The zero-order chi connectivity index (χ0) is 16.4. The van der Waals surface area contributed by atoms with Gasteiger partial charge in [0.1, 0.15) is 5.60 Å². The van der Waals surface area contributed by atoms with Gasteiger partial charge in [0, 0.05) is 36.3 Å². The van der Waals surface area contributed by atoms with Gasteiger partial charge in [-0.15, -0.1) is 0 Å². The van der Waals surface area contributed by atoms with E-state index in [1.807, 2.05) is 32.9 Å². The van der Waals surface area contributed by atoms with Gasteiger partial charge >= 0.3 is 6.09 Å². The van der Waals surface area contributed by atoms with Crippen molar-refractivity contribution in [1.82, 2.24) is 14.9 Å². The van der Waals surface area contributed by atoms with Crippen LogP contribution >= 0.6 is 0 Å².